The maximum atomic E-state index is 10.6. The van der Waals surface area contributed by atoms with Crippen LogP contribution in [0.5, 0.6) is 0 Å². The molecule has 0 aliphatic carbocycles. The summed E-state index contributed by atoms with van der Waals surface area (Å²) in [6.07, 6.45) is 0.105. The summed E-state index contributed by atoms with van der Waals surface area (Å²) in [4.78, 5) is 10.6. The van der Waals surface area contributed by atoms with Crippen LogP contribution >= 0.6 is 15.9 Å². The molecule has 1 rings (SSSR count). The fraction of sp³-hybridized carbons (Fsp3) is 0.364. The van der Waals surface area contributed by atoms with E-state index in [0.29, 0.717) is 0 Å². The number of hydrogen-bond acceptors (Lipinski definition) is 1. The van der Waals surface area contributed by atoms with Crippen LogP contribution in [0.3, 0.4) is 0 Å². The second kappa shape index (κ2) is 4.60. The third-order valence-corrected chi connectivity index (χ3v) is 2.98. The Bertz CT molecular complexity index is 359. The molecule has 1 N–H and O–H groups in total. The molecular formula is C11H13BrO2. The summed E-state index contributed by atoms with van der Waals surface area (Å²) in [5, 5.41) is 9.50. The molecule has 1 aromatic rings. The van der Waals surface area contributed by atoms with Crippen molar-refractivity contribution in [3.8, 4) is 0 Å². The molecule has 0 atom stereocenters. The zero-order valence-corrected chi connectivity index (χ0v) is 9.89. The summed E-state index contributed by atoms with van der Waals surface area (Å²) >= 11 is 3.37. The molecule has 0 aromatic heterocycles. The first-order chi connectivity index (χ1) is 6.54. The smallest absolute Gasteiger partial charge is 0.307 e. The Morgan fingerprint density at radius 1 is 1.43 bits per heavy atom. The number of hydrogen-bond donors (Lipinski definition) is 1. The SMILES string of the molecule is Cc1cc(CBr)cc(CC(=O)O)c1C. The molecule has 0 aliphatic rings. The minimum atomic E-state index is -0.778. The van der Waals surface area contributed by atoms with Crippen molar-refractivity contribution in [1.82, 2.24) is 0 Å². The lowest BCUT2D eigenvalue weighted by Crippen LogP contribution is -2.03. The number of halogens is 1. The van der Waals surface area contributed by atoms with E-state index in [2.05, 4.69) is 22.0 Å². The third-order valence-electron chi connectivity index (χ3n) is 2.33. The lowest BCUT2D eigenvalue weighted by molar-refractivity contribution is -0.136. The number of rotatable bonds is 3. The molecule has 0 spiro atoms. The van der Waals surface area contributed by atoms with Gasteiger partial charge in [-0.2, -0.15) is 0 Å². The van der Waals surface area contributed by atoms with E-state index in [-0.39, 0.29) is 6.42 Å². The normalized spacial score (nSPS) is 10.2. The number of benzene rings is 1. The van der Waals surface area contributed by atoms with Crippen molar-refractivity contribution in [2.45, 2.75) is 25.6 Å². The van der Waals surface area contributed by atoms with Gasteiger partial charge >= 0.3 is 5.97 Å². The summed E-state index contributed by atoms with van der Waals surface area (Å²) in [5.74, 6) is -0.778. The van der Waals surface area contributed by atoms with E-state index in [1.807, 2.05) is 19.9 Å². The maximum Gasteiger partial charge on any atom is 0.307 e. The van der Waals surface area contributed by atoms with Crippen molar-refractivity contribution in [3.05, 3.63) is 34.4 Å². The number of carbonyl (C=O) groups is 1. The number of aliphatic carboxylic acids is 1. The van der Waals surface area contributed by atoms with Gasteiger partial charge in [0, 0.05) is 5.33 Å². The lowest BCUT2D eigenvalue weighted by atomic mass is 9.98. The Balaban J connectivity index is 3.13. The van der Waals surface area contributed by atoms with Crippen LogP contribution in [0.2, 0.25) is 0 Å². The standard InChI is InChI=1S/C11H13BrO2/c1-7-3-9(6-12)4-10(8(7)2)5-11(13)14/h3-4H,5-6H2,1-2H3,(H,13,14). The minimum Gasteiger partial charge on any atom is -0.481 e. The maximum absolute atomic E-state index is 10.6. The van der Waals surface area contributed by atoms with Crippen molar-refractivity contribution in [2.75, 3.05) is 0 Å². The van der Waals surface area contributed by atoms with Crippen LogP contribution in [-0.2, 0) is 16.5 Å². The predicted molar refractivity (Wildman–Crippen MR) is 59.9 cm³/mol. The molecule has 0 bridgehead atoms. The Morgan fingerprint density at radius 3 is 2.57 bits per heavy atom. The summed E-state index contributed by atoms with van der Waals surface area (Å²) < 4.78 is 0. The topological polar surface area (TPSA) is 37.3 Å². The van der Waals surface area contributed by atoms with Gasteiger partial charge in [-0.15, -0.1) is 0 Å². The van der Waals surface area contributed by atoms with E-state index in [9.17, 15) is 4.79 Å². The molecule has 0 heterocycles. The number of carboxylic acids is 1. The van der Waals surface area contributed by atoms with Gasteiger partial charge in [0.2, 0.25) is 0 Å². The van der Waals surface area contributed by atoms with Gasteiger partial charge in [-0.3, -0.25) is 4.79 Å². The second-order valence-electron chi connectivity index (χ2n) is 3.40. The van der Waals surface area contributed by atoms with Crippen molar-refractivity contribution in [1.29, 1.82) is 0 Å². The molecule has 0 fully saturated rings. The van der Waals surface area contributed by atoms with Crippen molar-refractivity contribution in [2.24, 2.45) is 0 Å². The first kappa shape index (κ1) is 11.2. The van der Waals surface area contributed by atoms with E-state index in [1.54, 1.807) is 0 Å². The van der Waals surface area contributed by atoms with E-state index in [0.717, 1.165) is 27.6 Å². The number of aryl methyl sites for hydroxylation is 1. The molecule has 1 aromatic carbocycles. The van der Waals surface area contributed by atoms with E-state index >= 15 is 0 Å². The monoisotopic (exact) mass is 256 g/mol. The molecule has 0 saturated carbocycles. The fourth-order valence-electron chi connectivity index (χ4n) is 1.44. The molecule has 0 radical (unpaired) electrons. The second-order valence-corrected chi connectivity index (χ2v) is 3.96. The van der Waals surface area contributed by atoms with Gasteiger partial charge in [0.05, 0.1) is 6.42 Å². The highest BCUT2D eigenvalue weighted by Crippen LogP contribution is 2.18. The predicted octanol–water partition coefficient (Wildman–Crippen LogP) is 2.83. The zero-order valence-electron chi connectivity index (χ0n) is 8.30. The first-order valence-corrected chi connectivity index (χ1v) is 5.53. The van der Waals surface area contributed by atoms with Crippen LogP contribution in [0.25, 0.3) is 0 Å². The summed E-state index contributed by atoms with van der Waals surface area (Å²) in [6, 6.07) is 4.03. The van der Waals surface area contributed by atoms with Gasteiger partial charge < -0.3 is 5.11 Å². The highest BCUT2D eigenvalue weighted by molar-refractivity contribution is 9.08. The van der Waals surface area contributed by atoms with Gasteiger partial charge in [-0.1, -0.05) is 28.1 Å². The summed E-state index contributed by atoms with van der Waals surface area (Å²) in [6.45, 7) is 3.97. The van der Waals surface area contributed by atoms with Crippen LogP contribution in [0.4, 0.5) is 0 Å². The molecular weight excluding hydrogens is 244 g/mol. The largest absolute Gasteiger partial charge is 0.481 e. The quantitative estimate of drug-likeness (QED) is 0.845. The molecule has 3 heteroatoms. The molecule has 76 valence electrons. The molecule has 14 heavy (non-hydrogen) atoms. The Labute approximate surface area is 92.1 Å². The van der Waals surface area contributed by atoms with Gasteiger partial charge in [0.15, 0.2) is 0 Å². The van der Waals surface area contributed by atoms with Crippen molar-refractivity contribution < 1.29 is 9.90 Å². The Morgan fingerprint density at radius 2 is 2.07 bits per heavy atom. The van der Waals surface area contributed by atoms with Crippen molar-refractivity contribution in [3.63, 3.8) is 0 Å². The fourth-order valence-corrected chi connectivity index (χ4v) is 1.76. The average Bonchev–Trinajstić information content (AvgIpc) is 2.11. The Kier molecular flexibility index (Phi) is 3.69. The van der Waals surface area contributed by atoms with Crippen LogP contribution in [0, 0.1) is 13.8 Å². The van der Waals surface area contributed by atoms with E-state index < -0.39 is 5.97 Å². The molecule has 0 unspecified atom stereocenters. The van der Waals surface area contributed by atoms with E-state index in [4.69, 9.17) is 5.11 Å². The van der Waals surface area contributed by atoms with Crippen LogP contribution in [0.15, 0.2) is 12.1 Å². The molecule has 0 aliphatic heterocycles. The molecule has 2 nitrogen and oxygen atoms in total. The van der Waals surface area contributed by atoms with Gasteiger partial charge in [-0.05, 0) is 36.1 Å². The van der Waals surface area contributed by atoms with E-state index in [1.165, 1.54) is 0 Å². The molecule has 0 amide bonds. The van der Waals surface area contributed by atoms with Gasteiger partial charge in [0.25, 0.3) is 0 Å². The average molecular weight is 257 g/mol. The van der Waals surface area contributed by atoms with Crippen LogP contribution in [-0.4, -0.2) is 11.1 Å². The highest BCUT2D eigenvalue weighted by atomic mass is 79.9. The minimum absolute atomic E-state index is 0.105. The van der Waals surface area contributed by atoms with Crippen molar-refractivity contribution >= 4 is 21.9 Å². The Hall–Kier alpha value is -0.830. The zero-order chi connectivity index (χ0) is 10.7. The molecule has 0 saturated heterocycles. The number of alkyl halides is 1. The van der Waals surface area contributed by atoms with Crippen LogP contribution < -0.4 is 0 Å². The first-order valence-electron chi connectivity index (χ1n) is 4.41. The third kappa shape index (κ3) is 2.58. The van der Waals surface area contributed by atoms with Crippen LogP contribution in [0.1, 0.15) is 22.3 Å². The highest BCUT2D eigenvalue weighted by Gasteiger charge is 2.07. The summed E-state index contributed by atoms with van der Waals surface area (Å²) in [5.41, 5.74) is 4.27. The number of carboxylic acid groups (broad SMARTS) is 1. The lowest BCUT2D eigenvalue weighted by Gasteiger charge is -2.09. The summed E-state index contributed by atoms with van der Waals surface area (Å²) in [7, 11) is 0. The van der Waals surface area contributed by atoms with Gasteiger partial charge in [0.1, 0.15) is 0 Å². The van der Waals surface area contributed by atoms with Gasteiger partial charge in [-0.25, -0.2) is 0 Å².